The second-order valence-corrected chi connectivity index (χ2v) is 9.17. The van der Waals surface area contributed by atoms with Crippen LogP contribution in [0.4, 0.5) is 0 Å². The Kier molecular flexibility index (Phi) is 5.27. The van der Waals surface area contributed by atoms with Crippen molar-refractivity contribution in [3.8, 4) is 5.75 Å². The van der Waals surface area contributed by atoms with E-state index in [1.54, 1.807) is 24.3 Å². The number of rotatable bonds is 10. The summed E-state index contributed by atoms with van der Waals surface area (Å²) in [5.41, 5.74) is -0.349. The monoisotopic (exact) mass is 406 g/mol. The van der Waals surface area contributed by atoms with E-state index in [1.807, 2.05) is 6.92 Å². The Morgan fingerprint density at radius 1 is 1.07 bits per heavy atom. The summed E-state index contributed by atoms with van der Waals surface area (Å²) in [6.07, 6.45) is 6.09. The third kappa shape index (κ3) is 4.61. The highest BCUT2D eigenvalue weighted by molar-refractivity contribution is 6.30. The fourth-order valence-electron chi connectivity index (χ4n) is 4.51. The lowest BCUT2D eigenvalue weighted by Gasteiger charge is -2.70. The Balaban J connectivity index is 1.12. The van der Waals surface area contributed by atoms with Crippen LogP contribution >= 0.6 is 11.6 Å². The summed E-state index contributed by atoms with van der Waals surface area (Å²) in [5.74, 6) is 1.19. The molecule has 1 unspecified atom stereocenters. The van der Waals surface area contributed by atoms with Gasteiger partial charge in [0.2, 0.25) is 5.91 Å². The average Bonchev–Trinajstić information content (AvgIpc) is 3.40. The summed E-state index contributed by atoms with van der Waals surface area (Å²) in [5, 5.41) is 6.76. The number of nitrogens with one attached hydrogen (secondary N) is 2. The van der Waals surface area contributed by atoms with Crippen molar-refractivity contribution < 1.29 is 19.1 Å². The van der Waals surface area contributed by atoms with E-state index in [0.29, 0.717) is 10.8 Å². The fourth-order valence-corrected chi connectivity index (χ4v) is 4.63. The van der Waals surface area contributed by atoms with Gasteiger partial charge in [-0.25, -0.2) is 0 Å². The molecule has 2 bridgehead atoms. The molecule has 5 rings (SSSR count). The smallest absolute Gasteiger partial charge is 0.258 e. The van der Waals surface area contributed by atoms with E-state index in [9.17, 15) is 9.59 Å². The van der Waals surface area contributed by atoms with Crippen molar-refractivity contribution in [3.63, 3.8) is 0 Å². The van der Waals surface area contributed by atoms with Gasteiger partial charge in [-0.15, -0.1) is 0 Å². The summed E-state index contributed by atoms with van der Waals surface area (Å²) >= 11 is 5.83. The first-order valence-corrected chi connectivity index (χ1v) is 10.4. The van der Waals surface area contributed by atoms with E-state index >= 15 is 0 Å². The molecule has 4 aliphatic rings. The number of hydrogen-bond donors (Lipinski definition) is 2. The zero-order chi connectivity index (χ0) is 19.8. The van der Waals surface area contributed by atoms with Crippen LogP contribution in [-0.2, 0) is 14.3 Å². The van der Waals surface area contributed by atoms with Crippen molar-refractivity contribution in [2.45, 2.75) is 62.6 Å². The first kappa shape index (κ1) is 19.5. The van der Waals surface area contributed by atoms with Crippen molar-refractivity contribution in [1.82, 2.24) is 10.6 Å². The van der Waals surface area contributed by atoms with Crippen molar-refractivity contribution in [3.05, 3.63) is 29.3 Å². The van der Waals surface area contributed by atoms with Gasteiger partial charge in [0.25, 0.3) is 5.91 Å². The van der Waals surface area contributed by atoms with Crippen LogP contribution in [0.5, 0.6) is 5.75 Å². The number of halogens is 1. The Morgan fingerprint density at radius 2 is 1.64 bits per heavy atom. The van der Waals surface area contributed by atoms with Crippen molar-refractivity contribution in [2.24, 2.45) is 5.92 Å². The first-order valence-electron chi connectivity index (χ1n) is 9.97. The molecule has 2 N–H and O–H groups in total. The summed E-state index contributed by atoms with van der Waals surface area (Å²) in [4.78, 5) is 24.3. The quantitative estimate of drug-likeness (QED) is 0.626. The van der Waals surface area contributed by atoms with Gasteiger partial charge < -0.3 is 20.1 Å². The van der Waals surface area contributed by atoms with E-state index in [4.69, 9.17) is 21.1 Å². The molecule has 4 aliphatic carbocycles. The van der Waals surface area contributed by atoms with Crippen LogP contribution in [0.2, 0.25) is 5.02 Å². The van der Waals surface area contributed by atoms with Crippen molar-refractivity contribution in [2.75, 3.05) is 13.2 Å². The predicted molar refractivity (Wildman–Crippen MR) is 105 cm³/mol. The summed E-state index contributed by atoms with van der Waals surface area (Å²) in [6, 6.07) is 6.90. The van der Waals surface area contributed by atoms with Gasteiger partial charge in [0.15, 0.2) is 6.61 Å². The van der Waals surface area contributed by atoms with E-state index in [-0.39, 0.29) is 42.2 Å². The van der Waals surface area contributed by atoms with Gasteiger partial charge in [-0.05, 0) is 62.8 Å². The third-order valence-electron chi connectivity index (χ3n) is 5.88. The number of benzene rings is 1. The molecule has 0 heterocycles. The highest BCUT2D eigenvalue weighted by atomic mass is 35.5. The predicted octanol–water partition coefficient (Wildman–Crippen LogP) is 2.83. The number of carbonyl (C=O) groups is 2. The van der Waals surface area contributed by atoms with Crippen molar-refractivity contribution in [1.29, 1.82) is 0 Å². The minimum Gasteiger partial charge on any atom is -0.484 e. The Hall–Kier alpha value is -1.79. The molecule has 4 saturated carbocycles. The number of carbonyl (C=O) groups excluding carboxylic acids is 2. The van der Waals surface area contributed by atoms with Crippen LogP contribution in [0.15, 0.2) is 24.3 Å². The zero-order valence-corrected chi connectivity index (χ0v) is 16.9. The maximum absolute atomic E-state index is 12.1. The molecule has 2 amide bonds. The standard InChI is InChI=1S/C21H27ClN2O4/c1-14(8-15-2-3-15)27-9-18(25)23-20-11-21(12-20,13-20)24-19(26)10-28-17-6-4-16(22)5-7-17/h4-7,14-15H,2-3,8-13H2,1H3,(H,23,25)(H,24,26). The summed E-state index contributed by atoms with van der Waals surface area (Å²) in [6.45, 7) is 2.11. The molecule has 7 heteroatoms. The molecule has 1 atom stereocenters. The van der Waals surface area contributed by atoms with E-state index in [1.165, 1.54) is 12.8 Å². The topological polar surface area (TPSA) is 76.7 Å². The van der Waals surface area contributed by atoms with E-state index < -0.39 is 0 Å². The fraction of sp³-hybridized carbons (Fsp3) is 0.619. The lowest BCUT2D eigenvalue weighted by Crippen LogP contribution is -2.84. The molecule has 0 saturated heterocycles. The second kappa shape index (κ2) is 7.56. The van der Waals surface area contributed by atoms with Gasteiger partial charge in [-0.3, -0.25) is 9.59 Å². The third-order valence-corrected chi connectivity index (χ3v) is 6.14. The van der Waals surface area contributed by atoms with Crippen LogP contribution in [0.25, 0.3) is 0 Å². The molecule has 4 fully saturated rings. The maximum atomic E-state index is 12.1. The van der Waals surface area contributed by atoms with Gasteiger partial charge >= 0.3 is 0 Å². The van der Waals surface area contributed by atoms with E-state index in [0.717, 1.165) is 31.6 Å². The van der Waals surface area contributed by atoms with Gasteiger partial charge in [-0.2, -0.15) is 0 Å². The Morgan fingerprint density at radius 3 is 2.21 bits per heavy atom. The molecule has 0 aromatic heterocycles. The molecular formula is C21H27ClN2O4. The average molecular weight is 407 g/mol. The van der Waals surface area contributed by atoms with Crippen molar-refractivity contribution >= 4 is 23.4 Å². The summed E-state index contributed by atoms with van der Waals surface area (Å²) in [7, 11) is 0. The SMILES string of the molecule is CC(CC1CC1)OCC(=O)NC12CC(NC(=O)COc3ccc(Cl)cc3)(C1)C2. The van der Waals surface area contributed by atoms with Crippen LogP contribution in [-0.4, -0.2) is 42.2 Å². The van der Waals surface area contributed by atoms with E-state index in [2.05, 4.69) is 10.6 Å². The second-order valence-electron chi connectivity index (χ2n) is 8.73. The zero-order valence-electron chi connectivity index (χ0n) is 16.1. The number of amides is 2. The molecule has 28 heavy (non-hydrogen) atoms. The molecule has 0 radical (unpaired) electrons. The minimum atomic E-state index is -0.187. The lowest BCUT2D eigenvalue weighted by molar-refractivity contribution is -0.153. The minimum absolute atomic E-state index is 0.0323. The Bertz CT molecular complexity index is 728. The Labute approximate surface area is 170 Å². The van der Waals surface area contributed by atoms with Crippen LogP contribution in [0, 0.1) is 5.92 Å². The van der Waals surface area contributed by atoms with Crippen LogP contribution < -0.4 is 15.4 Å². The molecular weight excluding hydrogens is 380 g/mol. The molecule has 0 spiro atoms. The van der Waals surface area contributed by atoms with Gasteiger partial charge in [-0.1, -0.05) is 24.4 Å². The highest BCUT2D eigenvalue weighted by Gasteiger charge is 2.69. The van der Waals surface area contributed by atoms with Gasteiger partial charge in [0, 0.05) is 16.1 Å². The largest absolute Gasteiger partial charge is 0.484 e. The maximum Gasteiger partial charge on any atom is 0.258 e. The molecule has 0 aliphatic heterocycles. The number of ether oxygens (including phenoxy) is 2. The molecule has 6 nitrogen and oxygen atoms in total. The molecule has 1 aromatic rings. The van der Waals surface area contributed by atoms with Gasteiger partial charge in [0.05, 0.1) is 6.10 Å². The number of hydrogen-bond acceptors (Lipinski definition) is 4. The first-order chi connectivity index (χ1) is 13.4. The summed E-state index contributed by atoms with van der Waals surface area (Å²) < 4.78 is 11.1. The highest BCUT2D eigenvalue weighted by Crippen LogP contribution is 2.60. The normalized spacial score (nSPS) is 28.5. The van der Waals surface area contributed by atoms with Crippen LogP contribution in [0.1, 0.15) is 45.4 Å². The molecule has 1 aromatic carbocycles. The molecule has 152 valence electrons. The van der Waals surface area contributed by atoms with Gasteiger partial charge in [0.1, 0.15) is 12.4 Å². The van der Waals surface area contributed by atoms with Crippen LogP contribution in [0.3, 0.4) is 0 Å². The lowest BCUT2D eigenvalue weighted by atomic mass is 9.44.